The molecule has 4 aromatic carbocycles. The summed E-state index contributed by atoms with van der Waals surface area (Å²) in [4.78, 5) is 52.6. The minimum absolute atomic E-state index is 0.153. The van der Waals surface area contributed by atoms with E-state index in [1.165, 1.54) is 0 Å². The first-order chi connectivity index (χ1) is 24.8. The van der Waals surface area contributed by atoms with Crippen LogP contribution in [0.2, 0.25) is 30.1 Å². The van der Waals surface area contributed by atoms with E-state index < -0.39 is 46.5 Å². The highest BCUT2D eigenvalue weighted by Crippen LogP contribution is 2.42. The number of hydrogen-bond acceptors (Lipinski definition) is 8. The first kappa shape index (κ1) is 41.3. The Hall–Kier alpha value is -3.50. The van der Waals surface area contributed by atoms with Crippen LogP contribution in [0.5, 0.6) is 11.5 Å². The molecule has 0 saturated carbocycles. The topological polar surface area (TPSA) is 105 Å². The van der Waals surface area contributed by atoms with Crippen molar-refractivity contribution in [2.75, 3.05) is 0 Å². The molecule has 0 aliphatic carbocycles. The fraction of sp³-hybridized carbons (Fsp3) is 0.263. The van der Waals surface area contributed by atoms with Gasteiger partial charge in [-0.2, -0.15) is 0 Å². The zero-order chi connectivity index (χ0) is 37.9. The van der Waals surface area contributed by atoms with Gasteiger partial charge in [0.05, 0.1) is 30.1 Å². The largest absolute Gasteiger partial charge is 0.457 e. The lowest BCUT2D eigenvalue weighted by atomic mass is 10.1. The molecule has 0 atom stereocenters. The number of halogens is 6. The van der Waals surface area contributed by atoms with Gasteiger partial charge in [-0.3, -0.25) is 0 Å². The van der Waals surface area contributed by atoms with E-state index in [1.54, 1.807) is 0 Å². The van der Waals surface area contributed by atoms with Crippen molar-refractivity contribution in [3.8, 4) is 11.5 Å². The molecule has 0 unspecified atom stereocenters. The Balaban J connectivity index is 1.51. The number of hydrogen-bond donors (Lipinski definition) is 0. The van der Waals surface area contributed by atoms with Gasteiger partial charge in [-0.25, -0.2) is 19.2 Å². The molecule has 4 rings (SSSR count). The van der Waals surface area contributed by atoms with Crippen molar-refractivity contribution < 1.29 is 38.1 Å². The van der Waals surface area contributed by atoms with Gasteiger partial charge in [0.2, 0.25) is 0 Å². The zero-order valence-corrected chi connectivity index (χ0v) is 32.5. The predicted octanol–water partition coefficient (Wildman–Crippen LogP) is 11.5. The SMILES string of the molecule is CCCCc1ccc(COC(=O)c2c(Cl)c(Cl)cc(Cl)c2OC(=O)C(=O)Oc2c(Cl)cc(Cl)c(Cl)c2C(=O)OCc2ccc(CCCC)cc2)cc1. The summed E-state index contributed by atoms with van der Waals surface area (Å²) >= 11 is 37.5. The molecule has 0 amide bonds. The van der Waals surface area contributed by atoms with Crippen molar-refractivity contribution in [2.24, 2.45) is 0 Å². The Morgan fingerprint density at radius 3 is 1.15 bits per heavy atom. The number of carbonyl (C=O) groups is 4. The maximum atomic E-state index is 13.2. The Labute approximate surface area is 331 Å². The number of ether oxygens (including phenoxy) is 4. The van der Waals surface area contributed by atoms with E-state index in [0.29, 0.717) is 11.1 Å². The standard InChI is InChI=1S/C38H32Cl6O8/c1-3-5-7-21-9-13-23(14-10-21)19-49-35(45)29-31(43)25(39)17-27(41)33(29)51-37(47)38(48)52-34-28(42)18-26(40)32(44)30(34)36(46)50-20-24-15-11-22(12-16-24)8-6-4-2/h9-18H,3-8,19-20H2,1-2H3. The van der Waals surface area contributed by atoms with E-state index in [0.717, 1.165) is 61.8 Å². The molecule has 8 nitrogen and oxygen atoms in total. The average molecular weight is 829 g/mol. The van der Waals surface area contributed by atoms with Gasteiger partial charge in [-0.1, -0.05) is 145 Å². The molecule has 0 saturated heterocycles. The van der Waals surface area contributed by atoms with Crippen molar-refractivity contribution in [3.05, 3.63) is 124 Å². The highest BCUT2D eigenvalue weighted by atomic mass is 35.5. The highest BCUT2D eigenvalue weighted by Gasteiger charge is 2.32. The first-order valence-corrected chi connectivity index (χ1v) is 18.4. The van der Waals surface area contributed by atoms with E-state index in [4.69, 9.17) is 88.6 Å². The third-order valence-corrected chi connectivity index (χ3v) is 9.78. The molecular weight excluding hydrogens is 797 g/mol. The molecule has 14 heteroatoms. The van der Waals surface area contributed by atoms with E-state index >= 15 is 0 Å². The molecule has 4 aromatic rings. The lowest BCUT2D eigenvalue weighted by molar-refractivity contribution is -0.156. The van der Waals surface area contributed by atoms with Crippen molar-refractivity contribution in [2.45, 2.75) is 65.6 Å². The van der Waals surface area contributed by atoms with Gasteiger partial charge in [0, 0.05) is 0 Å². The van der Waals surface area contributed by atoms with Crippen LogP contribution >= 0.6 is 69.6 Å². The van der Waals surface area contributed by atoms with Crippen LogP contribution in [-0.2, 0) is 45.1 Å². The quantitative estimate of drug-likeness (QED) is 0.0535. The summed E-state index contributed by atoms with van der Waals surface area (Å²) in [6.07, 6.45) is 6.03. The van der Waals surface area contributed by atoms with Crippen molar-refractivity contribution in [3.63, 3.8) is 0 Å². The third-order valence-electron chi connectivity index (χ3n) is 7.64. The molecule has 0 aliphatic rings. The van der Waals surface area contributed by atoms with Gasteiger partial charge in [0.25, 0.3) is 0 Å². The van der Waals surface area contributed by atoms with Gasteiger partial charge in [0.1, 0.15) is 24.3 Å². The molecule has 274 valence electrons. The number of carbonyl (C=O) groups excluding carboxylic acids is 4. The molecular formula is C38H32Cl6O8. The molecule has 0 fully saturated rings. The van der Waals surface area contributed by atoms with Crippen molar-refractivity contribution in [1.29, 1.82) is 0 Å². The van der Waals surface area contributed by atoms with E-state index in [9.17, 15) is 19.2 Å². The van der Waals surface area contributed by atoms with Crippen LogP contribution in [-0.4, -0.2) is 23.9 Å². The average Bonchev–Trinajstić information content (AvgIpc) is 3.13. The molecule has 0 aliphatic heterocycles. The minimum atomic E-state index is -1.68. The van der Waals surface area contributed by atoms with E-state index in [1.807, 2.05) is 48.5 Å². The number of rotatable bonds is 14. The first-order valence-electron chi connectivity index (χ1n) is 16.1. The third kappa shape index (κ3) is 10.8. The van der Waals surface area contributed by atoms with Crippen LogP contribution in [0.3, 0.4) is 0 Å². The second-order valence-electron chi connectivity index (χ2n) is 11.5. The summed E-state index contributed by atoms with van der Waals surface area (Å²) in [7, 11) is 0. The number of benzene rings is 4. The Bertz CT molecular complexity index is 1800. The van der Waals surface area contributed by atoms with Crippen LogP contribution in [0.25, 0.3) is 0 Å². The van der Waals surface area contributed by atoms with Crippen LogP contribution in [0.4, 0.5) is 0 Å². The van der Waals surface area contributed by atoms with E-state index in [2.05, 4.69) is 13.8 Å². The molecule has 0 spiro atoms. The van der Waals surface area contributed by atoms with Gasteiger partial charge < -0.3 is 18.9 Å². The summed E-state index contributed by atoms with van der Waals surface area (Å²) in [5, 5.41) is -1.71. The minimum Gasteiger partial charge on any atom is -0.457 e. The number of esters is 4. The maximum absolute atomic E-state index is 13.2. The van der Waals surface area contributed by atoms with Crippen molar-refractivity contribution >= 4 is 93.5 Å². The summed E-state index contributed by atoms with van der Waals surface area (Å²) in [6, 6.07) is 17.2. The second-order valence-corrected chi connectivity index (χ2v) is 13.9. The number of aryl methyl sites for hydroxylation is 2. The van der Waals surface area contributed by atoms with Gasteiger partial charge in [-0.15, -0.1) is 0 Å². The zero-order valence-electron chi connectivity index (χ0n) is 28.0. The van der Waals surface area contributed by atoms with Gasteiger partial charge in [0.15, 0.2) is 11.5 Å². The fourth-order valence-electron chi connectivity index (χ4n) is 4.80. The summed E-state index contributed by atoms with van der Waals surface area (Å²) < 4.78 is 21.2. The lowest BCUT2D eigenvalue weighted by Gasteiger charge is -2.16. The van der Waals surface area contributed by atoms with Crippen LogP contribution in [0, 0.1) is 0 Å². The Kier molecular flexibility index (Phi) is 15.5. The Morgan fingerprint density at radius 1 is 0.500 bits per heavy atom. The van der Waals surface area contributed by atoms with Gasteiger partial charge in [-0.05, 0) is 60.1 Å². The summed E-state index contributed by atoms with van der Waals surface area (Å²) in [6.45, 7) is 3.88. The monoisotopic (exact) mass is 826 g/mol. The molecule has 0 heterocycles. The van der Waals surface area contributed by atoms with Crippen LogP contribution in [0.1, 0.15) is 82.5 Å². The summed E-state index contributed by atoms with van der Waals surface area (Å²) in [5.41, 5.74) is 2.58. The van der Waals surface area contributed by atoms with Crippen molar-refractivity contribution in [1.82, 2.24) is 0 Å². The molecule has 0 bridgehead atoms. The predicted molar refractivity (Wildman–Crippen MR) is 203 cm³/mol. The fourth-order valence-corrected chi connectivity index (χ4v) is 6.24. The smallest absolute Gasteiger partial charge is 0.423 e. The van der Waals surface area contributed by atoms with Crippen LogP contribution in [0.15, 0.2) is 60.7 Å². The van der Waals surface area contributed by atoms with Gasteiger partial charge >= 0.3 is 23.9 Å². The number of unbranched alkanes of at least 4 members (excludes halogenated alkanes) is 2. The molecule has 52 heavy (non-hydrogen) atoms. The summed E-state index contributed by atoms with van der Waals surface area (Å²) in [5.74, 6) is -6.71. The highest BCUT2D eigenvalue weighted by molar-refractivity contribution is 6.47. The van der Waals surface area contributed by atoms with Crippen LogP contribution < -0.4 is 9.47 Å². The molecule has 0 radical (unpaired) electrons. The maximum Gasteiger partial charge on any atom is 0.423 e. The second kappa shape index (κ2) is 19.5. The normalized spacial score (nSPS) is 10.8. The molecule has 0 aromatic heterocycles. The van der Waals surface area contributed by atoms with E-state index in [-0.39, 0.29) is 43.3 Å². The lowest BCUT2D eigenvalue weighted by Crippen LogP contribution is -2.27. The molecule has 0 N–H and O–H groups in total. The Morgan fingerprint density at radius 2 is 0.827 bits per heavy atom.